The highest BCUT2D eigenvalue weighted by Gasteiger charge is 2.18. The van der Waals surface area contributed by atoms with Gasteiger partial charge in [0, 0.05) is 0 Å². The Morgan fingerprint density at radius 2 is 2.06 bits per heavy atom. The fourth-order valence-corrected chi connectivity index (χ4v) is 1.92. The zero-order valence-corrected chi connectivity index (χ0v) is 10.1. The van der Waals surface area contributed by atoms with Crippen molar-refractivity contribution >= 4 is 5.78 Å². The molecule has 0 N–H and O–H groups in total. The van der Waals surface area contributed by atoms with E-state index >= 15 is 0 Å². The molecule has 0 aliphatic rings. The van der Waals surface area contributed by atoms with Crippen LogP contribution in [0.2, 0.25) is 0 Å². The average Bonchev–Trinajstić information content (AvgIpc) is 2.80. The van der Waals surface area contributed by atoms with Gasteiger partial charge in [0.05, 0.1) is 24.5 Å². The van der Waals surface area contributed by atoms with Crippen LogP contribution in [-0.4, -0.2) is 12.9 Å². The Kier molecular flexibility index (Phi) is 3.00. The molecule has 1 aromatic carbocycles. The first-order chi connectivity index (χ1) is 8.13. The molecule has 3 heteroatoms. The van der Waals surface area contributed by atoms with Gasteiger partial charge in [0.25, 0.3) is 0 Å². The molecule has 2 aromatic rings. The summed E-state index contributed by atoms with van der Waals surface area (Å²) in [6.45, 7) is 3.88. The monoisotopic (exact) mass is 230 g/mol. The maximum atomic E-state index is 12.3. The molecule has 0 saturated carbocycles. The van der Waals surface area contributed by atoms with E-state index in [0.717, 1.165) is 11.1 Å². The van der Waals surface area contributed by atoms with E-state index in [9.17, 15) is 4.79 Å². The normalized spacial score (nSPS) is 10.3. The van der Waals surface area contributed by atoms with Gasteiger partial charge in [-0.1, -0.05) is 6.07 Å². The Hall–Kier alpha value is -2.03. The summed E-state index contributed by atoms with van der Waals surface area (Å²) in [6, 6.07) is 5.48. The second-order valence-corrected chi connectivity index (χ2v) is 4.00. The molecule has 0 amide bonds. The van der Waals surface area contributed by atoms with Gasteiger partial charge in [-0.05, 0) is 37.1 Å². The Labute approximate surface area is 100 Å². The van der Waals surface area contributed by atoms with E-state index in [2.05, 4.69) is 0 Å². The van der Waals surface area contributed by atoms with Crippen LogP contribution < -0.4 is 4.74 Å². The summed E-state index contributed by atoms with van der Waals surface area (Å²) in [6.07, 6.45) is 2.93. The Balaban J connectivity index is 2.55. The summed E-state index contributed by atoms with van der Waals surface area (Å²) in [5.74, 6) is 0.529. The number of ketones is 1. The molecule has 0 saturated heterocycles. The molecule has 1 heterocycles. The van der Waals surface area contributed by atoms with Crippen LogP contribution in [0.25, 0.3) is 0 Å². The maximum absolute atomic E-state index is 12.3. The molecule has 17 heavy (non-hydrogen) atoms. The third kappa shape index (κ3) is 2.09. The first kappa shape index (κ1) is 11.5. The first-order valence-corrected chi connectivity index (χ1v) is 5.35. The van der Waals surface area contributed by atoms with Crippen molar-refractivity contribution in [2.45, 2.75) is 13.8 Å². The lowest BCUT2D eigenvalue weighted by Gasteiger charge is -2.11. The highest BCUT2D eigenvalue weighted by Crippen LogP contribution is 2.26. The second kappa shape index (κ2) is 4.45. The molecule has 3 nitrogen and oxygen atoms in total. The van der Waals surface area contributed by atoms with Gasteiger partial charge >= 0.3 is 0 Å². The number of furan rings is 1. The van der Waals surface area contributed by atoms with Crippen LogP contribution >= 0.6 is 0 Å². The fourth-order valence-electron chi connectivity index (χ4n) is 1.92. The van der Waals surface area contributed by atoms with E-state index in [4.69, 9.17) is 9.15 Å². The lowest BCUT2D eigenvalue weighted by Crippen LogP contribution is -2.06. The van der Waals surface area contributed by atoms with Crippen molar-refractivity contribution in [1.82, 2.24) is 0 Å². The zero-order chi connectivity index (χ0) is 12.4. The van der Waals surface area contributed by atoms with Gasteiger partial charge in [0.2, 0.25) is 0 Å². The van der Waals surface area contributed by atoms with Gasteiger partial charge in [-0.3, -0.25) is 4.79 Å². The molecule has 0 fully saturated rings. The van der Waals surface area contributed by atoms with Gasteiger partial charge in [-0.2, -0.15) is 0 Å². The van der Waals surface area contributed by atoms with E-state index in [1.165, 1.54) is 12.5 Å². The van der Waals surface area contributed by atoms with Crippen LogP contribution in [0.1, 0.15) is 27.0 Å². The molecule has 0 atom stereocenters. The molecular formula is C14H14O3. The van der Waals surface area contributed by atoms with Crippen LogP contribution in [0.4, 0.5) is 0 Å². The van der Waals surface area contributed by atoms with Crippen molar-refractivity contribution in [3.05, 3.63) is 53.0 Å². The molecule has 88 valence electrons. The Bertz CT molecular complexity index is 539. The van der Waals surface area contributed by atoms with E-state index < -0.39 is 0 Å². The van der Waals surface area contributed by atoms with E-state index in [0.29, 0.717) is 16.9 Å². The summed E-state index contributed by atoms with van der Waals surface area (Å²) in [7, 11) is 1.57. The number of carbonyl (C=O) groups excluding carboxylic acids is 1. The Morgan fingerprint density at radius 3 is 2.65 bits per heavy atom. The molecule has 0 aliphatic heterocycles. The molecule has 0 bridgehead atoms. The molecule has 1 aromatic heterocycles. The van der Waals surface area contributed by atoms with E-state index in [1.807, 2.05) is 26.0 Å². The van der Waals surface area contributed by atoms with Crippen LogP contribution in [-0.2, 0) is 0 Å². The lowest BCUT2D eigenvalue weighted by molar-refractivity contribution is 0.103. The van der Waals surface area contributed by atoms with Gasteiger partial charge in [0.1, 0.15) is 12.0 Å². The largest absolute Gasteiger partial charge is 0.496 e. The van der Waals surface area contributed by atoms with Crippen LogP contribution in [0, 0.1) is 13.8 Å². The Morgan fingerprint density at radius 1 is 1.29 bits per heavy atom. The predicted molar refractivity (Wildman–Crippen MR) is 64.6 cm³/mol. The van der Waals surface area contributed by atoms with Crippen molar-refractivity contribution in [2.75, 3.05) is 7.11 Å². The lowest BCUT2D eigenvalue weighted by atomic mass is 9.98. The van der Waals surface area contributed by atoms with Crippen LogP contribution in [0.15, 0.2) is 35.1 Å². The SMILES string of the molecule is COc1cc(C)cc(C)c1C(=O)c1ccoc1. The number of hydrogen-bond donors (Lipinski definition) is 0. The summed E-state index contributed by atoms with van der Waals surface area (Å²) < 4.78 is 10.2. The third-order valence-electron chi connectivity index (χ3n) is 2.67. The van der Waals surface area contributed by atoms with Crippen molar-refractivity contribution < 1.29 is 13.9 Å². The van der Waals surface area contributed by atoms with E-state index in [-0.39, 0.29) is 5.78 Å². The summed E-state index contributed by atoms with van der Waals surface area (Å²) in [5, 5.41) is 0. The average molecular weight is 230 g/mol. The maximum Gasteiger partial charge on any atom is 0.200 e. The van der Waals surface area contributed by atoms with Crippen molar-refractivity contribution in [1.29, 1.82) is 0 Å². The van der Waals surface area contributed by atoms with E-state index in [1.54, 1.807) is 13.2 Å². The minimum atomic E-state index is -0.0758. The van der Waals surface area contributed by atoms with Gasteiger partial charge in [-0.25, -0.2) is 0 Å². The van der Waals surface area contributed by atoms with Crippen molar-refractivity contribution in [3.63, 3.8) is 0 Å². The summed E-state index contributed by atoms with van der Waals surface area (Å²) in [4.78, 5) is 12.3. The standard InChI is InChI=1S/C14H14O3/c1-9-6-10(2)13(12(7-9)16-3)14(15)11-4-5-17-8-11/h4-8H,1-3H3. The van der Waals surface area contributed by atoms with Crippen molar-refractivity contribution in [3.8, 4) is 5.75 Å². The van der Waals surface area contributed by atoms with Crippen LogP contribution in [0.3, 0.4) is 0 Å². The quantitative estimate of drug-likeness (QED) is 0.760. The number of rotatable bonds is 3. The molecule has 0 unspecified atom stereocenters. The minimum Gasteiger partial charge on any atom is -0.496 e. The van der Waals surface area contributed by atoms with Crippen LogP contribution in [0.5, 0.6) is 5.75 Å². The third-order valence-corrected chi connectivity index (χ3v) is 2.67. The molecule has 0 aliphatic carbocycles. The molecule has 0 spiro atoms. The topological polar surface area (TPSA) is 39.4 Å². The minimum absolute atomic E-state index is 0.0758. The van der Waals surface area contributed by atoms with Crippen molar-refractivity contribution in [2.24, 2.45) is 0 Å². The van der Waals surface area contributed by atoms with Gasteiger partial charge in [-0.15, -0.1) is 0 Å². The number of hydrogen-bond acceptors (Lipinski definition) is 3. The number of carbonyl (C=O) groups is 1. The highest BCUT2D eigenvalue weighted by atomic mass is 16.5. The highest BCUT2D eigenvalue weighted by molar-refractivity contribution is 6.11. The number of methoxy groups -OCH3 is 1. The second-order valence-electron chi connectivity index (χ2n) is 4.00. The molecule has 0 radical (unpaired) electrons. The summed E-state index contributed by atoms with van der Waals surface area (Å²) in [5.41, 5.74) is 3.12. The summed E-state index contributed by atoms with van der Waals surface area (Å²) >= 11 is 0. The molecule has 2 rings (SSSR count). The smallest absolute Gasteiger partial charge is 0.200 e. The number of aryl methyl sites for hydroxylation is 2. The fraction of sp³-hybridized carbons (Fsp3) is 0.214. The predicted octanol–water partition coefficient (Wildman–Crippen LogP) is 3.14. The number of ether oxygens (including phenoxy) is 1. The van der Waals surface area contributed by atoms with Gasteiger partial charge in [0.15, 0.2) is 5.78 Å². The first-order valence-electron chi connectivity index (χ1n) is 5.35. The molecular weight excluding hydrogens is 216 g/mol. The zero-order valence-electron chi connectivity index (χ0n) is 10.1. The number of benzene rings is 1. The van der Waals surface area contributed by atoms with Gasteiger partial charge < -0.3 is 9.15 Å².